The standard InChI is InChI=1S/C14H12FNO3/c15-13-9-4-2-1-3-8(9)5-6-10(13)12-7-11(14(17)18)16-19-12/h5-7H,1-4H2,(H,17,18). The molecule has 19 heavy (non-hydrogen) atoms. The van der Waals surface area contributed by atoms with Crippen LogP contribution in [0.5, 0.6) is 0 Å². The minimum absolute atomic E-state index is 0.156. The topological polar surface area (TPSA) is 63.3 Å². The summed E-state index contributed by atoms with van der Waals surface area (Å²) in [6.07, 6.45) is 3.67. The average molecular weight is 261 g/mol. The summed E-state index contributed by atoms with van der Waals surface area (Å²) in [5.74, 6) is -1.35. The van der Waals surface area contributed by atoms with Crippen molar-refractivity contribution < 1.29 is 18.8 Å². The second-order valence-electron chi connectivity index (χ2n) is 4.65. The number of halogens is 1. The molecular weight excluding hydrogens is 249 g/mol. The molecule has 2 aromatic rings. The van der Waals surface area contributed by atoms with E-state index in [1.54, 1.807) is 6.07 Å². The van der Waals surface area contributed by atoms with Crippen LogP contribution in [0.1, 0.15) is 34.5 Å². The number of aryl methyl sites for hydroxylation is 1. The smallest absolute Gasteiger partial charge is 0.358 e. The SMILES string of the molecule is O=C(O)c1cc(-c2ccc3c(c2F)CCCC3)on1. The van der Waals surface area contributed by atoms with Gasteiger partial charge in [-0.2, -0.15) is 0 Å². The van der Waals surface area contributed by atoms with Gasteiger partial charge in [0, 0.05) is 6.07 Å². The van der Waals surface area contributed by atoms with Crippen LogP contribution in [0.2, 0.25) is 0 Å². The Bertz CT molecular complexity index is 648. The first-order valence-electron chi connectivity index (χ1n) is 6.17. The molecule has 98 valence electrons. The number of carbonyl (C=O) groups is 1. The van der Waals surface area contributed by atoms with E-state index in [2.05, 4.69) is 5.16 Å². The Labute approximate surface area is 108 Å². The number of carboxylic acids is 1. The molecule has 0 saturated carbocycles. The van der Waals surface area contributed by atoms with Crippen LogP contribution in [0.25, 0.3) is 11.3 Å². The Morgan fingerprint density at radius 3 is 2.84 bits per heavy atom. The number of carboxylic acid groups (broad SMARTS) is 1. The summed E-state index contributed by atoms with van der Waals surface area (Å²) >= 11 is 0. The van der Waals surface area contributed by atoms with Gasteiger partial charge in [-0.05, 0) is 42.9 Å². The normalized spacial score (nSPS) is 14.2. The molecule has 1 heterocycles. The third-order valence-electron chi connectivity index (χ3n) is 3.46. The molecule has 0 bridgehead atoms. The van der Waals surface area contributed by atoms with Gasteiger partial charge in [0.2, 0.25) is 0 Å². The maximum absolute atomic E-state index is 14.4. The van der Waals surface area contributed by atoms with Gasteiger partial charge in [0.05, 0.1) is 5.56 Å². The zero-order valence-corrected chi connectivity index (χ0v) is 10.1. The molecule has 1 aliphatic rings. The van der Waals surface area contributed by atoms with E-state index >= 15 is 0 Å². The van der Waals surface area contributed by atoms with E-state index in [0.29, 0.717) is 0 Å². The summed E-state index contributed by atoms with van der Waals surface area (Å²) in [5, 5.41) is 12.2. The van der Waals surface area contributed by atoms with Crippen LogP contribution in [0, 0.1) is 5.82 Å². The number of rotatable bonds is 2. The molecule has 0 aliphatic heterocycles. The van der Waals surface area contributed by atoms with Gasteiger partial charge >= 0.3 is 5.97 Å². The maximum Gasteiger partial charge on any atom is 0.358 e. The Morgan fingerprint density at radius 2 is 2.11 bits per heavy atom. The van der Waals surface area contributed by atoms with Crippen LogP contribution in [-0.4, -0.2) is 16.2 Å². The molecule has 0 spiro atoms. The van der Waals surface area contributed by atoms with Crippen LogP contribution in [0.15, 0.2) is 22.7 Å². The van der Waals surface area contributed by atoms with Crippen LogP contribution in [-0.2, 0) is 12.8 Å². The highest BCUT2D eigenvalue weighted by Gasteiger charge is 2.20. The fourth-order valence-corrected chi connectivity index (χ4v) is 2.48. The van der Waals surface area contributed by atoms with Crippen LogP contribution in [0.3, 0.4) is 0 Å². The van der Waals surface area contributed by atoms with Gasteiger partial charge in [0.25, 0.3) is 0 Å². The summed E-state index contributed by atoms with van der Waals surface area (Å²) < 4.78 is 19.3. The Balaban J connectivity index is 2.07. The van der Waals surface area contributed by atoms with Crippen molar-refractivity contribution in [3.8, 4) is 11.3 Å². The van der Waals surface area contributed by atoms with Crippen molar-refractivity contribution in [3.05, 3.63) is 40.8 Å². The lowest BCUT2D eigenvalue weighted by Crippen LogP contribution is -2.06. The second-order valence-corrected chi connectivity index (χ2v) is 4.65. The zero-order valence-electron chi connectivity index (χ0n) is 10.1. The predicted octanol–water partition coefficient (Wildman–Crippen LogP) is 3.06. The van der Waals surface area contributed by atoms with E-state index in [1.165, 1.54) is 6.07 Å². The number of hydrogen-bond acceptors (Lipinski definition) is 3. The van der Waals surface area contributed by atoms with Gasteiger partial charge in [-0.25, -0.2) is 9.18 Å². The van der Waals surface area contributed by atoms with Gasteiger partial charge in [0.15, 0.2) is 11.5 Å². The maximum atomic E-state index is 14.4. The molecule has 0 atom stereocenters. The molecule has 1 aromatic heterocycles. The molecule has 3 rings (SSSR count). The number of benzene rings is 1. The average Bonchev–Trinajstić information content (AvgIpc) is 2.89. The number of aromatic carboxylic acids is 1. The Hall–Kier alpha value is -2.17. The van der Waals surface area contributed by atoms with Crippen LogP contribution >= 0.6 is 0 Å². The third-order valence-corrected chi connectivity index (χ3v) is 3.46. The van der Waals surface area contributed by atoms with E-state index in [1.807, 2.05) is 6.07 Å². The zero-order chi connectivity index (χ0) is 13.4. The molecule has 1 aliphatic carbocycles. The highest BCUT2D eigenvalue weighted by Crippen LogP contribution is 2.31. The number of hydrogen-bond donors (Lipinski definition) is 1. The molecule has 5 heteroatoms. The summed E-state index contributed by atoms with van der Waals surface area (Å²) in [5.41, 5.74) is 1.82. The molecule has 0 saturated heterocycles. The minimum Gasteiger partial charge on any atom is -0.476 e. The van der Waals surface area contributed by atoms with Crippen molar-refractivity contribution in [1.29, 1.82) is 0 Å². The van der Waals surface area contributed by atoms with Crippen molar-refractivity contribution in [2.75, 3.05) is 0 Å². The molecule has 1 N–H and O–H groups in total. The third kappa shape index (κ3) is 2.01. The lowest BCUT2D eigenvalue weighted by atomic mass is 9.89. The molecule has 0 unspecified atom stereocenters. The summed E-state index contributed by atoms with van der Waals surface area (Å²) in [6.45, 7) is 0. The Kier molecular flexibility index (Phi) is 2.81. The van der Waals surface area contributed by atoms with Crippen molar-refractivity contribution >= 4 is 5.97 Å². The van der Waals surface area contributed by atoms with Crippen molar-refractivity contribution in [1.82, 2.24) is 5.16 Å². The fourth-order valence-electron chi connectivity index (χ4n) is 2.48. The van der Waals surface area contributed by atoms with E-state index in [-0.39, 0.29) is 22.8 Å². The van der Waals surface area contributed by atoms with Crippen molar-refractivity contribution in [2.45, 2.75) is 25.7 Å². The summed E-state index contributed by atoms with van der Waals surface area (Å²) in [6, 6.07) is 4.76. The first-order valence-corrected chi connectivity index (χ1v) is 6.17. The number of nitrogens with zero attached hydrogens (tertiary/aromatic N) is 1. The van der Waals surface area contributed by atoms with E-state index in [9.17, 15) is 9.18 Å². The molecule has 0 fully saturated rings. The van der Waals surface area contributed by atoms with Crippen molar-refractivity contribution in [2.24, 2.45) is 0 Å². The van der Waals surface area contributed by atoms with Crippen molar-refractivity contribution in [3.63, 3.8) is 0 Å². The van der Waals surface area contributed by atoms with Gasteiger partial charge in [-0.15, -0.1) is 0 Å². The molecular formula is C14H12FNO3. The van der Waals surface area contributed by atoms with Gasteiger partial charge < -0.3 is 9.63 Å². The van der Waals surface area contributed by atoms with Crippen LogP contribution < -0.4 is 0 Å². The highest BCUT2D eigenvalue weighted by atomic mass is 19.1. The second kappa shape index (κ2) is 4.50. The monoisotopic (exact) mass is 261 g/mol. The largest absolute Gasteiger partial charge is 0.476 e. The lowest BCUT2D eigenvalue weighted by molar-refractivity contribution is 0.0686. The molecule has 1 aromatic carbocycles. The number of fused-ring (bicyclic) bond motifs is 1. The quantitative estimate of drug-likeness (QED) is 0.902. The van der Waals surface area contributed by atoms with E-state index in [4.69, 9.17) is 9.63 Å². The minimum atomic E-state index is -1.19. The first kappa shape index (κ1) is 11.9. The highest BCUT2D eigenvalue weighted by molar-refractivity contribution is 5.86. The van der Waals surface area contributed by atoms with Crippen LogP contribution in [0.4, 0.5) is 4.39 Å². The molecule has 0 radical (unpaired) electrons. The summed E-state index contributed by atoms with van der Waals surface area (Å²) in [7, 11) is 0. The van der Waals surface area contributed by atoms with Gasteiger partial charge in [0.1, 0.15) is 5.82 Å². The summed E-state index contributed by atoms with van der Waals surface area (Å²) in [4.78, 5) is 10.7. The molecule has 4 nitrogen and oxygen atoms in total. The van der Waals surface area contributed by atoms with E-state index < -0.39 is 5.97 Å². The van der Waals surface area contributed by atoms with E-state index in [0.717, 1.165) is 36.8 Å². The van der Waals surface area contributed by atoms with Gasteiger partial charge in [-0.1, -0.05) is 11.2 Å². The molecule has 0 amide bonds. The predicted molar refractivity (Wildman–Crippen MR) is 65.5 cm³/mol. The number of aromatic nitrogens is 1. The first-order chi connectivity index (χ1) is 9.16. The van der Waals surface area contributed by atoms with Gasteiger partial charge in [-0.3, -0.25) is 0 Å². The lowest BCUT2D eigenvalue weighted by Gasteiger charge is -2.17. The fraction of sp³-hybridized carbons (Fsp3) is 0.286. The Morgan fingerprint density at radius 1 is 1.32 bits per heavy atom.